The van der Waals surface area contributed by atoms with Crippen molar-refractivity contribution in [3.8, 4) is 11.5 Å². The van der Waals surface area contributed by atoms with E-state index in [0.29, 0.717) is 24.6 Å². The van der Waals surface area contributed by atoms with Crippen LogP contribution in [0.4, 0.5) is 0 Å². The van der Waals surface area contributed by atoms with Gasteiger partial charge in [-0.25, -0.2) is 0 Å². The highest BCUT2D eigenvalue weighted by Crippen LogP contribution is 2.19. The Morgan fingerprint density at radius 3 is 2.88 bits per heavy atom. The highest BCUT2D eigenvalue weighted by molar-refractivity contribution is 5.77. The molecule has 0 saturated carbocycles. The van der Waals surface area contributed by atoms with Gasteiger partial charge in [-0.05, 0) is 37.1 Å². The number of carbonyl (C=O) groups is 1. The van der Waals surface area contributed by atoms with Crippen LogP contribution in [0.1, 0.15) is 18.5 Å². The molecule has 138 valence electrons. The number of benzene rings is 1. The zero-order chi connectivity index (χ0) is 18.2. The smallest absolute Gasteiger partial charge is 0.260 e. The van der Waals surface area contributed by atoms with E-state index in [9.17, 15) is 4.79 Å². The maximum atomic E-state index is 12.7. The number of pyridine rings is 1. The normalized spacial score (nSPS) is 16.3. The molecule has 1 atom stereocenters. The van der Waals surface area contributed by atoms with E-state index in [1.165, 1.54) is 0 Å². The van der Waals surface area contributed by atoms with Crippen molar-refractivity contribution in [1.29, 1.82) is 0 Å². The van der Waals surface area contributed by atoms with Crippen molar-refractivity contribution in [3.63, 3.8) is 0 Å². The minimum atomic E-state index is -0.0889. The van der Waals surface area contributed by atoms with Crippen LogP contribution in [0.3, 0.4) is 0 Å². The van der Waals surface area contributed by atoms with E-state index >= 15 is 0 Å². The number of aromatic nitrogens is 1. The second kappa shape index (κ2) is 9.20. The van der Waals surface area contributed by atoms with Crippen molar-refractivity contribution in [1.82, 2.24) is 9.88 Å². The Labute approximate surface area is 153 Å². The number of nitrogens with zero attached hydrogens (tertiary/aromatic N) is 2. The minimum Gasteiger partial charge on any atom is -0.497 e. The Balaban J connectivity index is 1.62. The fraction of sp³-hybridized carbons (Fsp3) is 0.400. The highest BCUT2D eigenvalue weighted by Gasteiger charge is 2.23. The van der Waals surface area contributed by atoms with Crippen molar-refractivity contribution < 1.29 is 19.0 Å². The molecule has 0 radical (unpaired) electrons. The summed E-state index contributed by atoms with van der Waals surface area (Å²) in [6.45, 7) is 1.72. The fourth-order valence-corrected chi connectivity index (χ4v) is 2.90. The van der Waals surface area contributed by atoms with Crippen molar-refractivity contribution in [2.24, 2.45) is 0 Å². The molecule has 1 aliphatic rings. The molecule has 2 aromatic rings. The summed E-state index contributed by atoms with van der Waals surface area (Å²) >= 11 is 0. The fourth-order valence-electron chi connectivity index (χ4n) is 2.90. The first-order chi connectivity index (χ1) is 12.7. The van der Waals surface area contributed by atoms with E-state index in [2.05, 4.69) is 4.98 Å². The van der Waals surface area contributed by atoms with Gasteiger partial charge in [0.1, 0.15) is 11.5 Å². The lowest BCUT2D eigenvalue weighted by atomic mass is 10.2. The molecule has 1 aromatic heterocycles. The number of rotatable bonds is 8. The summed E-state index contributed by atoms with van der Waals surface area (Å²) in [4.78, 5) is 18.8. The summed E-state index contributed by atoms with van der Waals surface area (Å²) in [6.07, 6.45) is 3.83. The van der Waals surface area contributed by atoms with Crippen LogP contribution in [0.5, 0.6) is 11.5 Å². The van der Waals surface area contributed by atoms with Gasteiger partial charge in [-0.15, -0.1) is 0 Å². The first-order valence-electron chi connectivity index (χ1n) is 8.81. The summed E-state index contributed by atoms with van der Waals surface area (Å²) in [5.41, 5.74) is 0.847. The lowest BCUT2D eigenvalue weighted by molar-refractivity contribution is -0.135. The summed E-state index contributed by atoms with van der Waals surface area (Å²) in [7, 11) is 1.60. The summed E-state index contributed by atoms with van der Waals surface area (Å²) in [5.74, 6) is 1.21. The zero-order valence-corrected chi connectivity index (χ0v) is 15.0. The molecule has 1 aliphatic heterocycles. The second-order valence-corrected chi connectivity index (χ2v) is 6.20. The first kappa shape index (κ1) is 18.2. The van der Waals surface area contributed by atoms with E-state index in [1.807, 2.05) is 30.3 Å². The number of ether oxygens (including phenoxy) is 3. The van der Waals surface area contributed by atoms with Gasteiger partial charge in [-0.3, -0.25) is 9.78 Å². The molecule has 1 fully saturated rings. The Kier molecular flexibility index (Phi) is 6.44. The molecule has 3 rings (SSSR count). The van der Waals surface area contributed by atoms with Gasteiger partial charge in [0.25, 0.3) is 5.91 Å². The van der Waals surface area contributed by atoms with Crippen LogP contribution in [-0.4, -0.2) is 48.8 Å². The van der Waals surface area contributed by atoms with Gasteiger partial charge in [0, 0.05) is 25.4 Å². The van der Waals surface area contributed by atoms with Crippen LogP contribution < -0.4 is 9.47 Å². The molecular weight excluding hydrogens is 332 g/mol. The maximum absolute atomic E-state index is 12.7. The summed E-state index contributed by atoms with van der Waals surface area (Å²) in [5, 5.41) is 0. The molecule has 0 bridgehead atoms. The van der Waals surface area contributed by atoms with Crippen LogP contribution in [0, 0.1) is 0 Å². The predicted molar refractivity (Wildman–Crippen MR) is 97.1 cm³/mol. The molecule has 1 amide bonds. The van der Waals surface area contributed by atoms with Gasteiger partial charge < -0.3 is 19.1 Å². The average molecular weight is 356 g/mol. The van der Waals surface area contributed by atoms with Crippen molar-refractivity contribution in [2.45, 2.75) is 25.5 Å². The SMILES string of the molecule is COc1cccc(OCC(=O)N(Cc2ccccn2)CC2CCCO2)c1. The van der Waals surface area contributed by atoms with E-state index < -0.39 is 0 Å². The average Bonchev–Trinajstić information content (AvgIpc) is 3.20. The monoisotopic (exact) mass is 356 g/mol. The molecule has 1 aromatic carbocycles. The van der Waals surface area contributed by atoms with Gasteiger partial charge in [0.05, 0.1) is 25.5 Å². The number of hydrogen-bond acceptors (Lipinski definition) is 5. The number of hydrogen-bond donors (Lipinski definition) is 0. The van der Waals surface area contributed by atoms with Crippen LogP contribution in [0.25, 0.3) is 0 Å². The van der Waals surface area contributed by atoms with Gasteiger partial charge in [0.2, 0.25) is 0 Å². The highest BCUT2D eigenvalue weighted by atomic mass is 16.5. The Hall–Kier alpha value is -2.60. The van der Waals surface area contributed by atoms with Crippen LogP contribution in [0.2, 0.25) is 0 Å². The maximum Gasteiger partial charge on any atom is 0.260 e. The van der Waals surface area contributed by atoms with E-state index in [-0.39, 0.29) is 18.6 Å². The van der Waals surface area contributed by atoms with Crippen LogP contribution in [0.15, 0.2) is 48.7 Å². The third kappa shape index (κ3) is 5.20. The van der Waals surface area contributed by atoms with Crippen LogP contribution in [-0.2, 0) is 16.1 Å². The summed E-state index contributed by atoms with van der Waals surface area (Å²) < 4.78 is 16.5. The standard InChI is InChI=1S/C20H24N2O4/c1-24-17-7-4-8-18(12-17)26-15-20(23)22(14-19-9-5-11-25-19)13-16-6-2-3-10-21-16/h2-4,6-8,10,12,19H,5,9,11,13-15H2,1H3. The molecule has 1 saturated heterocycles. The molecule has 6 heteroatoms. The van der Waals surface area contributed by atoms with Crippen molar-refractivity contribution >= 4 is 5.91 Å². The number of amides is 1. The molecule has 0 N–H and O–H groups in total. The Bertz CT molecular complexity index is 702. The molecule has 26 heavy (non-hydrogen) atoms. The van der Waals surface area contributed by atoms with E-state index in [1.54, 1.807) is 30.3 Å². The predicted octanol–water partition coefficient (Wildman–Crippen LogP) is 2.68. The largest absolute Gasteiger partial charge is 0.497 e. The molecule has 1 unspecified atom stereocenters. The number of methoxy groups -OCH3 is 1. The topological polar surface area (TPSA) is 60.9 Å². The quantitative estimate of drug-likeness (QED) is 0.728. The molecule has 0 spiro atoms. The third-order valence-electron chi connectivity index (χ3n) is 4.28. The lowest BCUT2D eigenvalue weighted by Gasteiger charge is -2.25. The van der Waals surface area contributed by atoms with Gasteiger partial charge in [0.15, 0.2) is 6.61 Å². The molecule has 6 nitrogen and oxygen atoms in total. The molecule has 0 aliphatic carbocycles. The van der Waals surface area contributed by atoms with Crippen molar-refractivity contribution in [3.05, 3.63) is 54.4 Å². The second-order valence-electron chi connectivity index (χ2n) is 6.20. The Morgan fingerprint density at radius 1 is 1.27 bits per heavy atom. The van der Waals surface area contributed by atoms with Gasteiger partial charge >= 0.3 is 0 Å². The first-order valence-corrected chi connectivity index (χ1v) is 8.81. The summed E-state index contributed by atoms with van der Waals surface area (Å²) in [6, 6.07) is 12.9. The third-order valence-corrected chi connectivity index (χ3v) is 4.28. The molecule has 2 heterocycles. The van der Waals surface area contributed by atoms with Gasteiger partial charge in [-0.2, -0.15) is 0 Å². The van der Waals surface area contributed by atoms with E-state index in [0.717, 1.165) is 25.1 Å². The van der Waals surface area contributed by atoms with E-state index in [4.69, 9.17) is 14.2 Å². The number of carbonyl (C=O) groups excluding carboxylic acids is 1. The lowest BCUT2D eigenvalue weighted by Crippen LogP contribution is -2.39. The van der Waals surface area contributed by atoms with Crippen molar-refractivity contribution in [2.75, 3.05) is 26.9 Å². The van der Waals surface area contributed by atoms with Crippen LogP contribution >= 0.6 is 0 Å². The minimum absolute atomic E-state index is 0.0350. The molecular formula is C20H24N2O4. The Morgan fingerprint density at radius 2 is 2.15 bits per heavy atom. The van der Waals surface area contributed by atoms with Gasteiger partial charge in [-0.1, -0.05) is 12.1 Å². The zero-order valence-electron chi connectivity index (χ0n) is 15.0.